The summed E-state index contributed by atoms with van der Waals surface area (Å²) in [6.45, 7) is 0. The summed E-state index contributed by atoms with van der Waals surface area (Å²) in [6, 6.07) is 23.5. The quantitative estimate of drug-likeness (QED) is 0.459. The molecule has 0 aliphatic carbocycles. The van der Waals surface area contributed by atoms with Gasteiger partial charge in [0, 0.05) is 0 Å². The van der Waals surface area contributed by atoms with Crippen molar-refractivity contribution in [1.82, 2.24) is 0 Å². The SMILES string of the molecule is [c]1ccc2c([c][c]c3ccccc32)c1. The van der Waals surface area contributed by atoms with E-state index in [1.165, 1.54) is 10.8 Å². The highest BCUT2D eigenvalue weighted by molar-refractivity contribution is 6.06. The molecule has 0 bridgehead atoms. The van der Waals surface area contributed by atoms with E-state index in [0.29, 0.717) is 0 Å². The molecule has 0 unspecified atom stereocenters. The first kappa shape index (κ1) is 7.57. The number of hydrogen-bond donors (Lipinski definition) is 0. The summed E-state index contributed by atoms with van der Waals surface area (Å²) >= 11 is 0. The summed E-state index contributed by atoms with van der Waals surface area (Å²) in [6.07, 6.45) is 0. The predicted octanol–water partition coefficient (Wildman–Crippen LogP) is 3.39. The highest BCUT2D eigenvalue weighted by Gasteiger charge is 1.98. The monoisotopic (exact) mass is 175 g/mol. The van der Waals surface area contributed by atoms with Crippen molar-refractivity contribution < 1.29 is 0 Å². The lowest BCUT2D eigenvalue weighted by Gasteiger charge is -2.01. The second-order valence-electron chi connectivity index (χ2n) is 3.27. The fraction of sp³-hybridized carbons (Fsp3) is 0. The van der Waals surface area contributed by atoms with Crippen LogP contribution in [0.25, 0.3) is 21.5 Å². The Bertz CT molecular complexity index is 539. The van der Waals surface area contributed by atoms with Crippen molar-refractivity contribution in [2.45, 2.75) is 0 Å². The molecule has 0 spiro atoms. The van der Waals surface area contributed by atoms with Gasteiger partial charge in [0.25, 0.3) is 0 Å². The van der Waals surface area contributed by atoms with Gasteiger partial charge in [0.2, 0.25) is 0 Å². The molecular formula is C14H7. The third-order valence-electron chi connectivity index (χ3n) is 2.41. The van der Waals surface area contributed by atoms with E-state index in [2.05, 4.69) is 36.4 Å². The Morgan fingerprint density at radius 1 is 0.786 bits per heavy atom. The van der Waals surface area contributed by atoms with Crippen LogP contribution in [0.1, 0.15) is 0 Å². The van der Waals surface area contributed by atoms with Crippen molar-refractivity contribution in [2.24, 2.45) is 0 Å². The van der Waals surface area contributed by atoms with E-state index >= 15 is 0 Å². The minimum absolute atomic E-state index is 1.08. The van der Waals surface area contributed by atoms with Crippen molar-refractivity contribution >= 4 is 21.5 Å². The van der Waals surface area contributed by atoms with Crippen molar-refractivity contribution in [1.29, 1.82) is 0 Å². The van der Waals surface area contributed by atoms with Crippen LogP contribution in [-0.2, 0) is 0 Å². The van der Waals surface area contributed by atoms with Gasteiger partial charge < -0.3 is 0 Å². The first-order valence-corrected chi connectivity index (χ1v) is 4.57. The van der Waals surface area contributed by atoms with Crippen LogP contribution < -0.4 is 0 Å². The summed E-state index contributed by atoms with van der Waals surface area (Å²) in [5.74, 6) is 0. The smallest absolute Gasteiger partial charge is 0.000696 e. The molecule has 3 aromatic rings. The molecule has 0 aromatic heterocycles. The van der Waals surface area contributed by atoms with Gasteiger partial charge >= 0.3 is 0 Å². The Morgan fingerprint density at radius 3 is 2.57 bits per heavy atom. The van der Waals surface area contributed by atoms with Crippen LogP contribution in [0, 0.1) is 18.2 Å². The molecule has 63 valence electrons. The minimum atomic E-state index is 1.08. The van der Waals surface area contributed by atoms with E-state index in [-0.39, 0.29) is 0 Å². The van der Waals surface area contributed by atoms with E-state index in [9.17, 15) is 0 Å². The normalized spacial score (nSPS) is 10.9. The lowest BCUT2D eigenvalue weighted by atomic mass is 10.0. The van der Waals surface area contributed by atoms with Gasteiger partial charge in [-0.1, -0.05) is 36.4 Å². The van der Waals surface area contributed by atoms with E-state index in [4.69, 9.17) is 0 Å². The van der Waals surface area contributed by atoms with E-state index in [1.807, 2.05) is 24.3 Å². The average molecular weight is 175 g/mol. The van der Waals surface area contributed by atoms with Crippen LogP contribution in [0.15, 0.2) is 42.5 Å². The lowest BCUT2D eigenvalue weighted by molar-refractivity contribution is 1.74. The molecule has 0 heteroatoms. The Hall–Kier alpha value is -1.82. The molecule has 0 aliphatic rings. The van der Waals surface area contributed by atoms with Gasteiger partial charge in [0.15, 0.2) is 0 Å². The molecule has 3 aromatic carbocycles. The van der Waals surface area contributed by atoms with Gasteiger partial charge in [-0.05, 0) is 45.8 Å². The first-order valence-electron chi connectivity index (χ1n) is 4.57. The van der Waals surface area contributed by atoms with Gasteiger partial charge in [-0.3, -0.25) is 0 Å². The van der Waals surface area contributed by atoms with Gasteiger partial charge in [0.1, 0.15) is 0 Å². The first-order chi connectivity index (χ1) is 6.95. The number of hydrogen-bond acceptors (Lipinski definition) is 0. The van der Waals surface area contributed by atoms with Crippen LogP contribution in [0.3, 0.4) is 0 Å². The molecule has 0 atom stereocenters. The third-order valence-corrected chi connectivity index (χ3v) is 2.41. The molecule has 0 amide bonds. The van der Waals surface area contributed by atoms with Crippen LogP contribution >= 0.6 is 0 Å². The Labute approximate surface area is 82.8 Å². The standard InChI is InChI=1S/C14H7/c1-3-7-13-11(5-1)9-10-12-6-2-4-8-14(12)13/h1,3-8H. The van der Waals surface area contributed by atoms with Crippen molar-refractivity contribution in [2.75, 3.05) is 0 Å². The fourth-order valence-electron chi connectivity index (χ4n) is 1.73. The molecule has 0 aliphatic heterocycles. The molecule has 0 saturated heterocycles. The molecule has 0 nitrogen and oxygen atoms in total. The minimum Gasteiger partial charge on any atom is -0.0616 e. The molecule has 3 radical (unpaired) electrons. The molecular weight excluding hydrogens is 168 g/mol. The Balaban J connectivity index is 2.61. The van der Waals surface area contributed by atoms with Crippen molar-refractivity contribution in [3.05, 3.63) is 60.7 Å². The molecule has 3 rings (SSSR count). The Kier molecular flexibility index (Phi) is 1.54. The molecule has 0 saturated carbocycles. The van der Waals surface area contributed by atoms with E-state index in [0.717, 1.165) is 10.8 Å². The maximum absolute atomic E-state index is 3.15. The highest BCUT2D eigenvalue weighted by Crippen LogP contribution is 2.23. The van der Waals surface area contributed by atoms with E-state index < -0.39 is 0 Å². The van der Waals surface area contributed by atoms with Crippen molar-refractivity contribution in [3.8, 4) is 0 Å². The largest absolute Gasteiger partial charge is 0.0616 e. The molecule has 0 heterocycles. The molecule has 0 N–H and O–H groups in total. The predicted molar refractivity (Wildman–Crippen MR) is 58.0 cm³/mol. The number of fused-ring (bicyclic) bond motifs is 3. The van der Waals surface area contributed by atoms with Gasteiger partial charge in [0.05, 0.1) is 0 Å². The van der Waals surface area contributed by atoms with Crippen LogP contribution in [0.4, 0.5) is 0 Å². The molecule has 14 heavy (non-hydrogen) atoms. The van der Waals surface area contributed by atoms with Gasteiger partial charge in [-0.25, -0.2) is 0 Å². The van der Waals surface area contributed by atoms with Crippen molar-refractivity contribution in [3.63, 3.8) is 0 Å². The average Bonchev–Trinajstić information content (AvgIpc) is 2.29. The Morgan fingerprint density at radius 2 is 1.57 bits per heavy atom. The van der Waals surface area contributed by atoms with E-state index in [1.54, 1.807) is 0 Å². The summed E-state index contributed by atoms with van der Waals surface area (Å²) in [4.78, 5) is 0. The number of rotatable bonds is 0. The summed E-state index contributed by atoms with van der Waals surface area (Å²) in [7, 11) is 0. The fourth-order valence-corrected chi connectivity index (χ4v) is 1.73. The molecule has 0 fully saturated rings. The summed E-state index contributed by atoms with van der Waals surface area (Å²) < 4.78 is 0. The van der Waals surface area contributed by atoms with Crippen LogP contribution in [-0.4, -0.2) is 0 Å². The lowest BCUT2D eigenvalue weighted by Crippen LogP contribution is -1.76. The second kappa shape index (κ2) is 2.85. The second-order valence-corrected chi connectivity index (χ2v) is 3.27. The third kappa shape index (κ3) is 1.01. The van der Waals surface area contributed by atoms with Crippen LogP contribution in [0.2, 0.25) is 0 Å². The van der Waals surface area contributed by atoms with Crippen LogP contribution in [0.5, 0.6) is 0 Å². The number of benzene rings is 3. The zero-order valence-electron chi connectivity index (χ0n) is 7.54. The zero-order valence-corrected chi connectivity index (χ0v) is 7.54. The maximum atomic E-state index is 3.15. The summed E-state index contributed by atoms with van der Waals surface area (Å²) in [5.41, 5.74) is 0. The summed E-state index contributed by atoms with van der Waals surface area (Å²) in [5, 5.41) is 4.64. The highest BCUT2D eigenvalue weighted by atomic mass is 14.0. The van der Waals surface area contributed by atoms with Gasteiger partial charge in [-0.15, -0.1) is 0 Å². The maximum Gasteiger partial charge on any atom is -0.000696 e. The zero-order chi connectivity index (χ0) is 9.38. The van der Waals surface area contributed by atoms with Gasteiger partial charge in [-0.2, -0.15) is 0 Å². The topological polar surface area (TPSA) is 0 Å².